The van der Waals surface area contributed by atoms with E-state index in [4.69, 9.17) is 4.74 Å². The van der Waals surface area contributed by atoms with Crippen molar-refractivity contribution >= 4 is 5.57 Å². The quantitative estimate of drug-likeness (QED) is 0.598. The first-order chi connectivity index (χ1) is 12.5. The van der Waals surface area contributed by atoms with Crippen molar-refractivity contribution in [3.63, 3.8) is 0 Å². The number of benzene rings is 2. The molecule has 5 heteroatoms. The fraction of sp³-hybridized carbons (Fsp3) is 0.333. The van der Waals surface area contributed by atoms with Crippen molar-refractivity contribution in [2.75, 3.05) is 7.11 Å². The van der Waals surface area contributed by atoms with Gasteiger partial charge in [-0.25, -0.2) is 13.2 Å². The molecule has 2 aliphatic rings. The third-order valence-corrected chi connectivity index (χ3v) is 5.65. The predicted molar refractivity (Wildman–Crippen MR) is 91.7 cm³/mol. The fourth-order valence-electron chi connectivity index (χ4n) is 4.35. The van der Waals surface area contributed by atoms with Gasteiger partial charge < -0.3 is 4.74 Å². The summed E-state index contributed by atoms with van der Waals surface area (Å²) in [6, 6.07) is 5.18. The Hall–Kier alpha value is -2.30. The molecular formula is C21H18F4O. The Balaban J connectivity index is 1.77. The molecule has 0 bridgehead atoms. The first-order valence-electron chi connectivity index (χ1n) is 8.73. The van der Waals surface area contributed by atoms with E-state index in [1.54, 1.807) is 0 Å². The van der Waals surface area contributed by atoms with Crippen molar-refractivity contribution in [2.24, 2.45) is 11.8 Å². The lowest BCUT2D eigenvalue weighted by Crippen LogP contribution is -2.06. The van der Waals surface area contributed by atoms with E-state index in [0.29, 0.717) is 5.92 Å². The van der Waals surface area contributed by atoms with E-state index in [1.165, 1.54) is 31.4 Å². The maximum Gasteiger partial charge on any atom is 0.201 e. The monoisotopic (exact) mass is 362 g/mol. The molecule has 2 aromatic rings. The number of hydrogen-bond donors (Lipinski definition) is 0. The van der Waals surface area contributed by atoms with Crippen LogP contribution in [0.4, 0.5) is 17.6 Å². The average Bonchev–Trinajstić information content (AvgIpc) is 3.24. The number of allylic oxidation sites excluding steroid dienone is 2. The van der Waals surface area contributed by atoms with Gasteiger partial charge in [-0.15, -0.1) is 0 Å². The maximum atomic E-state index is 14.8. The minimum absolute atomic E-state index is 0.232. The zero-order valence-electron chi connectivity index (χ0n) is 14.3. The lowest BCUT2D eigenvalue weighted by molar-refractivity contribution is 0.372. The molecule has 2 aromatic carbocycles. The second-order valence-electron chi connectivity index (χ2n) is 6.92. The van der Waals surface area contributed by atoms with Gasteiger partial charge in [0.2, 0.25) is 5.82 Å². The third kappa shape index (κ3) is 2.52. The van der Waals surface area contributed by atoms with Gasteiger partial charge >= 0.3 is 0 Å². The summed E-state index contributed by atoms with van der Waals surface area (Å²) in [5.74, 6) is -4.14. The number of rotatable bonds is 3. The highest BCUT2D eigenvalue weighted by molar-refractivity contribution is 5.74. The van der Waals surface area contributed by atoms with E-state index < -0.39 is 23.3 Å². The van der Waals surface area contributed by atoms with Crippen molar-refractivity contribution in [2.45, 2.75) is 25.7 Å². The molecule has 0 amide bonds. The second-order valence-corrected chi connectivity index (χ2v) is 6.92. The van der Waals surface area contributed by atoms with Crippen molar-refractivity contribution in [3.8, 4) is 16.9 Å². The molecule has 1 fully saturated rings. The van der Waals surface area contributed by atoms with Gasteiger partial charge in [0.05, 0.1) is 7.11 Å². The van der Waals surface area contributed by atoms with Crippen molar-refractivity contribution in [1.29, 1.82) is 0 Å². The van der Waals surface area contributed by atoms with Gasteiger partial charge in [-0.3, -0.25) is 0 Å². The first-order valence-corrected chi connectivity index (χ1v) is 8.73. The molecule has 0 aromatic heterocycles. The number of hydrogen-bond acceptors (Lipinski definition) is 1. The summed E-state index contributed by atoms with van der Waals surface area (Å²) >= 11 is 0. The van der Waals surface area contributed by atoms with Crippen LogP contribution < -0.4 is 4.74 Å². The lowest BCUT2D eigenvalue weighted by Gasteiger charge is -2.17. The molecule has 1 saturated carbocycles. The summed E-state index contributed by atoms with van der Waals surface area (Å²) in [4.78, 5) is 0. The molecule has 1 nitrogen and oxygen atoms in total. The fourth-order valence-corrected chi connectivity index (χ4v) is 4.35. The molecule has 0 N–H and O–H groups in total. The van der Waals surface area contributed by atoms with E-state index in [9.17, 15) is 17.6 Å². The molecule has 0 radical (unpaired) electrons. The lowest BCUT2D eigenvalue weighted by atomic mass is 9.89. The highest BCUT2D eigenvalue weighted by atomic mass is 19.2. The van der Waals surface area contributed by atoms with Gasteiger partial charge in [0.15, 0.2) is 23.2 Å². The number of fused-ring (bicyclic) bond motifs is 1. The van der Waals surface area contributed by atoms with E-state index in [1.807, 2.05) is 6.08 Å². The predicted octanol–water partition coefficient (Wildman–Crippen LogP) is 6.12. The Morgan fingerprint density at radius 2 is 1.42 bits per heavy atom. The summed E-state index contributed by atoms with van der Waals surface area (Å²) < 4.78 is 62.4. The number of methoxy groups -OCH3 is 1. The maximum absolute atomic E-state index is 14.8. The van der Waals surface area contributed by atoms with Crippen LogP contribution in [-0.4, -0.2) is 7.11 Å². The van der Waals surface area contributed by atoms with Crippen LogP contribution in [0.15, 0.2) is 30.3 Å². The van der Waals surface area contributed by atoms with E-state index in [2.05, 4.69) is 0 Å². The Morgan fingerprint density at radius 1 is 0.808 bits per heavy atom. The Bertz CT molecular complexity index is 903. The molecule has 0 saturated heterocycles. The van der Waals surface area contributed by atoms with Crippen LogP contribution in [0.25, 0.3) is 16.7 Å². The van der Waals surface area contributed by atoms with Crippen LogP contribution in [-0.2, 0) is 0 Å². The van der Waals surface area contributed by atoms with Crippen LogP contribution in [0.3, 0.4) is 0 Å². The summed E-state index contributed by atoms with van der Waals surface area (Å²) in [5, 5.41) is 0. The van der Waals surface area contributed by atoms with Crippen LogP contribution in [0.2, 0.25) is 0 Å². The topological polar surface area (TPSA) is 9.23 Å². The molecule has 26 heavy (non-hydrogen) atoms. The van der Waals surface area contributed by atoms with E-state index in [0.717, 1.165) is 31.3 Å². The Morgan fingerprint density at radius 3 is 2.15 bits per heavy atom. The molecule has 0 heterocycles. The van der Waals surface area contributed by atoms with Crippen LogP contribution in [0, 0.1) is 35.1 Å². The van der Waals surface area contributed by atoms with Crippen molar-refractivity contribution in [1.82, 2.24) is 0 Å². The second kappa shape index (κ2) is 6.45. The zero-order valence-corrected chi connectivity index (χ0v) is 14.3. The highest BCUT2D eigenvalue weighted by Gasteiger charge is 2.35. The van der Waals surface area contributed by atoms with Crippen molar-refractivity contribution < 1.29 is 22.3 Å². The summed E-state index contributed by atoms with van der Waals surface area (Å²) in [7, 11) is 1.21. The van der Waals surface area contributed by atoms with Crippen LogP contribution in [0.1, 0.15) is 31.2 Å². The third-order valence-electron chi connectivity index (χ3n) is 5.65. The van der Waals surface area contributed by atoms with Gasteiger partial charge in [0, 0.05) is 16.7 Å². The minimum Gasteiger partial charge on any atom is -0.494 e. The van der Waals surface area contributed by atoms with Gasteiger partial charge in [-0.1, -0.05) is 24.6 Å². The van der Waals surface area contributed by atoms with E-state index >= 15 is 0 Å². The highest BCUT2D eigenvalue weighted by Crippen LogP contribution is 2.49. The Kier molecular flexibility index (Phi) is 4.25. The van der Waals surface area contributed by atoms with E-state index in [-0.39, 0.29) is 28.4 Å². The number of ether oxygens (including phenoxy) is 1. The SMILES string of the molecule is COc1ccc(-c2ccc(C3=CCC4CCCC34)c(F)c2F)c(F)c1F. The smallest absolute Gasteiger partial charge is 0.201 e. The molecular weight excluding hydrogens is 344 g/mol. The zero-order chi connectivity index (χ0) is 18.4. The number of halogens is 4. The van der Waals surface area contributed by atoms with Crippen LogP contribution in [0.5, 0.6) is 5.75 Å². The van der Waals surface area contributed by atoms with Gasteiger partial charge in [0.1, 0.15) is 0 Å². The molecule has 136 valence electrons. The molecule has 2 unspecified atom stereocenters. The molecule has 2 atom stereocenters. The van der Waals surface area contributed by atoms with Gasteiger partial charge in [-0.2, -0.15) is 4.39 Å². The largest absolute Gasteiger partial charge is 0.494 e. The normalized spacial score (nSPS) is 21.7. The average molecular weight is 362 g/mol. The molecule has 2 aliphatic carbocycles. The molecule has 0 spiro atoms. The van der Waals surface area contributed by atoms with Crippen LogP contribution >= 0.6 is 0 Å². The van der Waals surface area contributed by atoms with Gasteiger partial charge in [0.25, 0.3) is 0 Å². The minimum atomic E-state index is -1.26. The standard InChI is InChI=1S/C21H18F4O/c1-26-17-10-9-16(20(24)21(17)25)15-8-7-14(18(22)19(15)23)13-6-5-11-3-2-4-12(11)13/h6-12H,2-5H2,1H3. The molecule has 0 aliphatic heterocycles. The Labute approximate surface area is 149 Å². The van der Waals surface area contributed by atoms with Crippen molar-refractivity contribution in [3.05, 3.63) is 59.2 Å². The first kappa shape index (κ1) is 17.1. The summed E-state index contributed by atoms with van der Waals surface area (Å²) in [6.45, 7) is 0. The summed E-state index contributed by atoms with van der Waals surface area (Å²) in [6.07, 6.45) is 6.08. The summed E-state index contributed by atoms with van der Waals surface area (Å²) in [5.41, 5.74) is 0.448. The molecule has 4 rings (SSSR count). The van der Waals surface area contributed by atoms with Gasteiger partial charge in [-0.05, 0) is 48.8 Å².